The van der Waals surface area contributed by atoms with E-state index in [1.807, 2.05) is 27.3 Å². The monoisotopic (exact) mass is 578 g/mol. The molecule has 0 saturated carbocycles. The Balaban J connectivity index is 0.00000392. The molecule has 0 aromatic carbocycles. The van der Waals surface area contributed by atoms with Crippen molar-refractivity contribution >= 4 is 32.3 Å². The topological polar surface area (TPSA) is 0 Å². The summed E-state index contributed by atoms with van der Waals surface area (Å²) >= 11 is -0.650. The predicted octanol–water partition coefficient (Wildman–Crippen LogP) is 1.75. The van der Waals surface area contributed by atoms with Crippen LogP contribution in [0.5, 0.6) is 0 Å². The standard InChI is InChI=1S/2C11H21Si2.2ClH.Zr/c2*1-12(2,3)10-8-7-9-11(10)13(4,5)6;;;/h2*8H,7H2,1-6H3;2*1H;/q;;;;+2/p-2. The zero-order chi connectivity index (χ0) is 21.0. The molecule has 0 saturated heterocycles. The minimum Gasteiger partial charge on any atom is -1.00 e. The van der Waals surface area contributed by atoms with Crippen molar-refractivity contribution in [3.8, 4) is 0 Å². The van der Waals surface area contributed by atoms with Crippen molar-refractivity contribution in [2.45, 2.75) is 91.4 Å². The summed E-state index contributed by atoms with van der Waals surface area (Å²) in [5.41, 5.74) is 0. The fraction of sp³-hybridized carbons (Fsp3) is 0.636. The van der Waals surface area contributed by atoms with Crippen LogP contribution in [0.4, 0.5) is 0 Å². The van der Waals surface area contributed by atoms with E-state index in [4.69, 9.17) is 0 Å². The molecule has 0 aromatic rings. The first-order valence-electron chi connectivity index (χ1n) is 10.6. The van der Waals surface area contributed by atoms with Gasteiger partial charge in [0.1, 0.15) is 0 Å². The van der Waals surface area contributed by atoms with Crippen molar-refractivity contribution in [3.63, 3.8) is 0 Å². The third-order valence-electron chi connectivity index (χ3n) is 5.58. The van der Waals surface area contributed by atoms with E-state index in [9.17, 15) is 0 Å². The number of halogens is 2. The normalized spacial score (nSPS) is 18.2. The van der Waals surface area contributed by atoms with E-state index in [1.54, 1.807) is 0 Å². The second-order valence-electron chi connectivity index (χ2n) is 12.5. The van der Waals surface area contributed by atoms with Crippen molar-refractivity contribution < 1.29 is 48.0 Å². The van der Waals surface area contributed by atoms with Gasteiger partial charge in [-0.2, -0.15) is 0 Å². The van der Waals surface area contributed by atoms with E-state index in [2.05, 4.69) is 90.7 Å². The van der Waals surface area contributed by atoms with Gasteiger partial charge in [-0.15, -0.1) is 0 Å². The molecule has 2 aliphatic carbocycles. The number of hydrogen-bond donors (Lipinski definition) is 0. The van der Waals surface area contributed by atoms with Crippen molar-refractivity contribution in [3.05, 3.63) is 39.5 Å². The molecule has 164 valence electrons. The van der Waals surface area contributed by atoms with Crippen LogP contribution < -0.4 is 24.8 Å². The zero-order valence-electron chi connectivity index (χ0n) is 20.8. The smallest absolute Gasteiger partial charge is 1.00 e. The molecule has 29 heavy (non-hydrogen) atoms. The van der Waals surface area contributed by atoms with Gasteiger partial charge in [0.15, 0.2) is 0 Å². The van der Waals surface area contributed by atoms with Crippen molar-refractivity contribution in [1.82, 2.24) is 0 Å². The first-order chi connectivity index (χ1) is 11.9. The Kier molecular flexibility index (Phi) is 10.5. The molecule has 2 aliphatic rings. The van der Waals surface area contributed by atoms with Crippen molar-refractivity contribution in [1.29, 1.82) is 0 Å². The summed E-state index contributed by atoms with van der Waals surface area (Å²) in [4.78, 5) is 0. The van der Waals surface area contributed by atoms with Crippen LogP contribution >= 0.6 is 0 Å². The van der Waals surface area contributed by atoms with Gasteiger partial charge in [-0.3, -0.25) is 0 Å². The second-order valence-corrected chi connectivity index (χ2v) is 36.1. The average molecular weight is 581 g/mol. The van der Waals surface area contributed by atoms with Crippen LogP contribution in [0.3, 0.4) is 0 Å². The average Bonchev–Trinajstić information content (AvgIpc) is 3.00. The van der Waals surface area contributed by atoms with Gasteiger partial charge in [0.2, 0.25) is 0 Å². The summed E-state index contributed by atoms with van der Waals surface area (Å²) in [5.74, 6) is 0. The predicted molar refractivity (Wildman–Crippen MR) is 133 cm³/mol. The Morgan fingerprint density at radius 1 is 0.517 bits per heavy atom. The first kappa shape index (κ1) is 30.3. The summed E-state index contributed by atoms with van der Waals surface area (Å²) in [7, 11) is -5.05. The second kappa shape index (κ2) is 10.1. The number of allylic oxidation sites excluding steroid dienone is 8. The summed E-state index contributed by atoms with van der Waals surface area (Å²) in [6, 6.07) is 0. The molecule has 0 N–H and O–H groups in total. The third kappa shape index (κ3) is 7.14. The van der Waals surface area contributed by atoms with E-state index < -0.39 is 55.5 Å². The summed E-state index contributed by atoms with van der Waals surface area (Å²) in [6.07, 6.45) is 7.95. The van der Waals surface area contributed by atoms with E-state index in [0.29, 0.717) is 0 Å². The summed E-state index contributed by atoms with van der Waals surface area (Å²) in [6.45, 7) is 30.9. The fourth-order valence-electron chi connectivity index (χ4n) is 4.63. The van der Waals surface area contributed by atoms with Gasteiger partial charge < -0.3 is 24.8 Å². The quantitative estimate of drug-likeness (QED) is 0.420. The maximum atomic E-state index is 2.67. The maximum absolute atomic E-state index is 2.67. The molecule has 7 heteroatoms. The summed E-state index contributed by atoms with van der Waals surface area (Å²) in [5, 5.41) is 7.53. The molecule has 0 radical (unpaired) electrons. The number of rotatable bonds is 6. The Morgan fingerprint density at radius 3 is 1.00 bits per heavy atom. The molecule has 0 aliphatic heterocycles. The van der Waals surface area contributed by atoms with Gasteiger partial charge in [0.25, 0.3) is 0 Å². The molecule has 2 rings (SSSR count). The molecule has 0 nitrogen and oxygen atoms in total. The fourth-order valence-corrected chi connectivity index (χ4v) is 26.3. The minimum absolute atomic E-state index is 0. The molecule has 0 aromatic heterocycles. The van der Waals surface area contributed by atoms with Crippen LogP contribution in [0.1, 0.15) is 12.8 Å². The van der Waals surface area contributed by atoms with Crippen molar-refractivity contribution in [2.75, 3.05) is 0 Å². The first-order valence-corrected chi connectivity index (χ1v) is 27.1. The molecular formula is C22H42Cl2Si4Zr. The molecular weight excluding hydrogens is 539 g/mol. The van der Waals surface area contributed by atoms with E-state index in [0.717, 1.165) is 0 Å². The van der Waals surface area contributed by atoms with E-state index >= 15 is 0 Å². The Morgan fingerprint density at radius 2 is 0.793 bits per heavy atom. The van der Waals surface area contributed by atoms with Crippen LogP contribution in [-0.4, -0.2) is 32.3 Å². The molecule has 0 heterocycles. The van der Waals surface area contributed by atoms with Gasteiger partial charge in [-0.05, 0) is 0 Å². The molecule has 0 spiro atoms. The Hall–Kier alpha value is 1.29. The number of hydrogen-bond acceptors (Lipinski definition) is 0. The van der Waals surface area contributed by atoms with Gasteiger partial charge in [0, 0.05) is 0 Å². The SMILES string of the molecule is C[Si](C)(C)C1=CC[C]([Zr+2][C]2=C([Si](C)(C)C)C([Si](C)(C)C)=CC2)=C1[Si](C)(C)C.[Cl-].[Cl-]. The Labute approximate surface area is 209 Å². The Bertz CT molecular complexity index is 686. The molecule has 0 atom stereocenters. The largest absolute Gasteiger partial charge is 1.00 e. The molecule has 0 bridgehead atoms. The molecule has 0 unspecified atom stereocenters. The van der Waals surface area contributed by atoms with Crippen molar-refractivity contribution in [2.24, 2.45) is 0 Å². The van der Waals surface area contributed by atoms with Gasteiger partial charge >= 0.3 is 186 Å². The van der Waals surface area contributed by atoms with Crippen LogP contribution in [-0.2, 0) is 23.2 Å². The van der Waals surface area contributed by atoms with E-state index in [-0.39, 0.29) is 24.8 Å². The van der Waals surface area contributed by atoms with Crippen LogP contribution in [0, 0.1) is 0 Å². The van der Waals surface area contributed by atoms with Gasteiger partial charge in [-0.25, -0.2) is 0 Å². The maximum Gasteiger partial charge on any atom is -1.00 e. The molecule has 0 amide bonds. The van der Waals surface area contributed by atoms with E-state index in [1.165, 1.54) is 12.8 Å². The van der Waals surface area contributed by atoms with Crippen LogP contribution in [0.15, 0.2) is 39.5 Å². The van der Waals surface area contributed by atoms with Gasteiger partial charge in [-0.1, -0.05) is 0 Å². The zero-order valence-corrected chi connectivity index (χ0v) is 28.8. The summed E-state index contributed by atoms with van der Waals surface area (Å²) < 4.78 is 3.93. The third-order valence-corrected chi connectivity index (χ3v) is 19.3. The van der Waals surface area contributed by atoms with Crippen LogP contribution in [0.25, 0.3) is 0 Å². The molecule has 0 fully saturated rings. The van der Waals surface area contributed by atoms with Crippen LogP contribution in [0.2, 0.25) is 78.6 Å². The van der Waals surface area contributed by atoms with Gasteiger partial charge in [0.05, 0.1) is 0 Å². The minimum atomic E-state index is -1.28.